The van der Waals surface area contributed by atoms with E-state index >= 15 is 0 Å². The number of amides is 1. The molecule has 3 rings (SSSR count). The molecule has 1 atom stereocenters. The van der Waals surface area contributed by atoms with Crippen molar-refractivity contribution < 1.29 is 27.5 Å². The number of hydrogen-bond donors (Lipinski definition) is 1. The smallest absolute Gasteiger partial charge is 0.340 e. The van der Waals surface area contributed by atoms with E-state index in [-0.39, 0.29) is 42.3 Å². The van der Waals surface area contributed by atoms with Crippen LogP contribution in [0.2, 0.25) is 5.02 Å². The summed E-state index contributed by atoms with van der Waals surface area (Å²) in [4.78, 5) is 25.0. The second-order valence-electron chi connectivity index (χ2n) is 6.60. The molecule has 160 valence electrons. The lowest BCUT2D eigenvalue weighted by Crippen LogP contribution is -2.36. The van der Waals surface area contributed by atoms with Crippen molar-refractivity contribution in [2.75, 3.05) is 29.0 Å². The van der Waals surface area contributed by atoms with Crippen molar-refractivity contribution in [2.45, 2.75) is 19.4 Å². The number of para-hydroxylation sites is 1. The van der Waals surface area contributed by atoms with Crippen LogP contribution in [0.3, 0.4) is 0 Å². The summed E-state index contributed by atoms with van der Waals surface area (Å²) in [7, 11) is -3.61. The molecule has 0 saturated heterocycles. The van der Waals surface area contributed by atoms with Gasteiger partial charge in [-0.15, -0.1) is 0 Å². The molecular weight excluding hydrogens is 432 g/mol. The number of sulfonamides is 1. The molecule has 1 aliphatic rings. The van der Waals surface area contributed by atoms with E-state index in [0.717, 1.165) is 10.6 Å². The van der Waals surface area contributed by atoms with Gasteiger partial charge in [-0.25, -0.2) is 13.2 Å². The third kappa shape index (κ3) is 4.85. The Morgan fingerprint density at radius 2 is 2.00 bits per heavy atom. The number of ether oxygens (including phenoxy) is 2. The Bertz CT molecular complexity index is 1070. The zero-order chi connectivity index (χ0) is 21.9. The van der Waals surface area contributed by atoms with Gasteiger partial charge in [-0.1, -0.05) is 23.7 Å². The zero-order valence-corrected chi connectivity index (χ0v) is 18.0. The fourth-order valence-corrected chi connectivity index (χ4v) is 4.18. The van der Waals surface area contributed by atoms with Crippen molar-refractivity contribution in [2.24, 2.45) is 0 Å². The number of hydrogen-bond acceptors (Lipinski definition) is 6. The molecule has 1 N–H and O–H groups in total. The lowest BCUT2D eigenvalue weighted by Gasteiger charge is -2.21. The number of halogens is 1. The maximum atomic E-state index is 12.9. The van der Waals surface area contributed by atoms with E-state index in [1.54, 1.807) is 37.3 Å². The summed E-state index contributed by atoms with van der Waals surface area (Å²) in [6, 6.07) is 11.0. The Labute approximate surface area is 179 Å². The van der Waals surface area contributed by atoms with Crippen molar-refractivity contribution >= 4 is 44.9 Å². The lowest BCUT2D eigenvalue weighted by atomic mass is 10.1. The van der Waals surface area contributed by atoms with Gasteiger partial charge in [0.2, 0.25) is 10.0 Å². The van der Waals surface area contributed by atoms with Crippen LogP contribution in [-0.4, -0.2) is 45.8 Å². The maximum Gasteiger partial charge on any atom is 0.340 e. The highest BCUT2D eigenvalue weighted by Gasteiger charge is 2.32. The molecule has 0 radical (unpaired) electrons. The molecule has 1 heterocycles. The number of benzene rings is 2. The van der Waals surface area contributed by atoms with Gasteiger partial charge in [0.25, 0.3) is 5.91 Å². The molecule has 2 aromatic rings. The van der Waals surface area contributed by atoms with Crippen LogP contribution in [-0.2, 0) is 19.6 Å². The van der Waals surface area contributed by atoms with Gasteiger partial charge in [0.1, 0.15) is 5.75 Å². The molecule has 0 spiro atoms. The van der Waals surface area contributed by atoms with Crippen LogP contribution in [0, 0.1) is 0 Å². The summed E-state index contributed by atoms with van der Waals surface area (Å²) < 4.78 is 36.5. The summed E-state index contributed by atoms with van der Waals surface area (Å²) in [5.41, 5.74) is 0.767. The third-order valence-electron chi connectivity index (χ3n) is 4.43. The number of esters is 1. The number of rotatable bonds is 5. The van der Waals surface area contributed by atoms with E-state index in [1.165, 1.54) is 12.1 Å². The summed E-state index contributed by atoms with van der Waals surface area (Å²) in [5, 5.41) is 3.03. The first-order chi connectivity index (χ1) is 14.2. The molecular formula is C20H21ClN2O6S. The Morgan fingerprint density at radius 1 is 1.27 bits per heavy atom. The summed E-state index contributed by atoms with van der Waals surface area (Å²) in [6.07, 6.45) is 0.201. The van der Waals surface area contributed by atoms with Crippen molar-refractivity contribution in [3.8, 4) is 5.75 Å². The standard InChI is InChI=1S/C20H21ClN2O6S/c1-3-28-20(25)14-6-4-5-7-15(14)22-19(24)18-10-11-23(30(2,26)27)16-12-13(21)8-9-17(16)29-18/h4-9,12,18H,3,10-11H2,1-2H3,(H,22,24)/t18-/m0/s1. The highest BCUT2D eigenvalue weighted by atomic mass is 35.5. The highest BCUT2D eigenvalue weighted by molar-refractivity contribution is 7.92. The van der Waals surface area contributed by atoms with Gasteiger partial charge in [0.05, 0.1) is 29.8 Å². The summed E-state index contributed by atoms with van der Waals surface area (Å²) >= 11 is 6.02. The van der Waals surface area contributed by atoms with Gasteiger partial charge >= 0.3 is 5.97 Å². The van der Waals surface area contributed by atoms with Gasteiger partial charge in [-0.3, -0.25) is 9.10 Å². The van der Waals surface area contributed by atoms with Crippen molar-refractivity contribution in [3.63, 3.8) is 0 Å². The minimum atomic E-state index is -3.61. The molecule has 1 aliphatic heterocycles. The molecule has 8 nitrogen and oxygen atoms in total. The first-order valence-corrected chi connectivity index (χ1v) is 11.4. The molecule has 10 heteroatoms. The number of nitrogens with zero attached hydrogens (tertiary/aromatic N) is 1. The van der Waals surface area contributed by atoms with Crippen LogP contribution >= 0.6 is 11.6 Å². The fourth-order valence-electron chi connectivity index (χ4n) is 3.07. The van der Waals surface area contributed by atoms with E-state index in [1.807, 2.05) is 0 Å². The van der Waals surface area contributed by atoms with E-state index in [9.17, 15) is 18.0 Å². The third-order valence-corrected chi connectivity index (χ3v) is 5.84. The average molecular weight is 453 g/mol. The van der Waals surface area contributed by atoms with Crippen molar-refractivity contribution in [1.82, 2.24) is 0 Å². The molecule has 1 amide bonds. The second kappa shape index (κ2) is 8.93. The summed E-state index contributed by atoms with van der Waals surface area (Å²) in [5.74, 6) is -0.845. The topological polar surface area (TPSA) is 102 Å². The van der Waals surface area contributed by atoms with Crippen LogP contribution in [0.4, 0.5) is 11.4 Å². The van der Waals surface area contributed by atoms with Crippen LogP contribution in [0.1, 0.15) is 23.7 Å². The monoisotopic (exact) mass is 452 g/mol. The zero-order valence-electron chi connectivity index (χ0n) is 16.4. The molecule has 30 heavy (non-hydrogen) atoms. The maximum absolute atomic E-state index is 12.9. The molecule has 0 fully saturated rings. The second-order valence-corrected chi connectivity index (χ2v) is 8.94. The fraction of sp³-hybridized carbons (Fsp3) is 0.300. The highest BCUT2D eigenvalue weighted by Crippen LogP contribution is 2.36. The Hall–Kier alpha value is -2.78. The number of nitrogens with one attached hydrogen (secondary N) is 1. The average Bonchev–Trinajstić information content (AvgIpc) is 2.87. The predicted molar refractivity (Wildman–Crippen MR) is 114 cm³/mol. The molecule has 2 aromatic carbocycles. The lowest BCUT2D eigenvalue weighted by molar-refractivity contribution is -0.122. The minimum absolute atomic E-state index is 0.0315. The van der Waals surface area contributed by atoms with Gasteiger partial charge in [0.15, 0.2) is 6.10 Å². The van der Waals surface area contributed by atoms with E-state index in [2.05, 4.69) is 5.32 Å². The van der Waals surface area contributed by atoms with Crippen molar-refractivity contribution in [3.05, 3.63) is 53.1 Å². The minimum Gasteiger partial charge on any atom is -0.478 e. The molecule has 0 saturated carbocycles. The van der Waals surface area contributed by atoms with Gasteiger partial charge in [0, 0.05) is 18.0 Å². The number of fused-ring (bicyclic) bond motifs is 1. The van der Waals surface area contributed by atoms with Crippen LogP contribution in [0.15, 0.2) is 42.5 Å². The van der Waals surface area contributed by atoms with E-state index in [4.69, 9.17) is 21.1 Å². The normalized spacial score (nSPS) is 16.1. The van der Waals surface area contributed by atoms with Gasteiger partial charge < -0.3 is 14.8 Å². The molecule has 0 aliphatic carbocycles. The van der Waals surface area contributed by atoms with E-state index < -0.39 is 28.0 Å². The Morgan fingerprint density at radius 3 is 2.70 bits per heavy atom. The number of carbonyl (C=O) groups excluding carboxylic acids is 2. The first-order valence-electron chi connectivity index (χ1n) is 9.21. The summed E-state index contributed by atoms with van der Waals surface area (Å²) in [6.45, 7) is 1.92. The van der Waals surface area contributed by atoms with Crippen LogP contribution in [0.25, 0.3) is 0 Å². The van der Waals surface area contributed by atoms with Crippen LogP contribution < -0.4 is 14.4 Å². The Balaban J connectivity index is 1.87. The van der Waals surface area contributed by atoms with Crippen molar-refractivity contribution in [1.29, 1.82) is 0 Å². The molecule has 0 unspecified atom stereocenters. The predicted octanol–water partition coefficient (Wildman–Crippen LogP) is 3.07. The van der Waals surface area contributed by atoms with E-state index in [0.29, 0.717) is 5.02 Å². The number of carbonyl (C=O) groups is 2. The van der Waals surface area contributed by atoms with Crippen LogP contribution in [0.5, 0.6) is 5.75 Å². The molecule has 0 bridgehead atoms. The number of anilines is 2. The molecule has 0 aromatic heterocycles. The Kier molecular flexibility index (Phi) is 6.52. The SMILES string of the molecule is CCOC(=O)c1ccccc1NC(=O)[C@@H]1CCN(S(C)(=O)=O)c2cc(Cl)ccc2O1. The van der Waals surface area contributed by atoms with Gasteiger partial charge in [-0.2, -0.15) is 0 Å². The first kappa shape index (κ1) is 21.9. The van der Waals surface area contributed by atoms with Gasteiger partial charge in [-0.05, 0) is 37.3 Å². The largest absolute Gasteiger partial charge is 0.478 e. The quantitative estimate of drug-likeness (QED) is 0.699.